The summed E-state index contributed by atoms with van der Waals surface area (Å²) in [6.45, 7) is 8.32. The van der Waals surface area contributed by atoms with Crippen LogP contribution >= 0.6 is 0 Å². The Labute approximate surface area is 128 Å². The van der Waals surface area contributed by atoms with Crippen molar-refractivity contribution < 1.29 is 0 Å². The topological polar surface area (TPSA) is 28.2 Å². The summed E-state index contributed by atoms with van der Waals surface area (Å²) in [6, 6.07) is 10.7. The van der Waals surface area contributed by atoms with Crippen LogP contribution in [0.3, 0.4) is 0 Å². The van der Waals surface area contributed by atoms with Crippen molar-refractivity contribution in [2.45, 2.75) is 33.7 Å². The summed E-state index contributed by atoms with van der Waals surface area (Å²) in [4.78, 5) is 6.75. The van der Waals surface area contributed by atoms with Crippen molar-refractivity contribution in [2.24, 2.45) is 0 Å². The Balaban J connectivity index is 2.27. The molecule has 112 valence electrons. The van der Waals surface area contributed by atoms with Crippen LogP contribution in [-0.2, 0) is 6.54 Å². The Kier molecular flexibility index (Phi) is 5.34. The first kappa shape index (κ1) is 15.5. The van der Waals surface area contributed by atoms with Crippen molar-refractivity contribution in [3.8, 4) is 0 Å². The van der Waals surface area contributed by atoms with Crippen LogP contribution in [0.25, 0.3) is 0 Å². The van der Waals surface area contributed by atoms with Gasteiger partial charge < -0.3 is 10.2 Å². The molecule has 0 saturated heterocycles. The van der Waals surface area contributed by atoms with E-state index in [9.17, 15) is 0 Å². The zero-order chi connectivity index (χ0) is 15.2. The van der Waals surface area contributed by atoms with Gasteiger partial charge in [0, 0.05) is 31.0 Å². The number of benzene rings is 1. The minimum atomic E-state index is 0.853. The third-order valence-electron chi connectivity index (χ3n) is 3.52. The van der Waals surface area contributed by atoms with Crippen molar-refractivity contribution in [3.63, 3.8) is 0 Å². The molecular weight excluding hydrogens is 258 g/mol. The normalized spacial score (nSPS) is 10.7. The molecule has 0 spiro atoms. The number of pyridine rings is 1. The van der Waals surface area contributed by atoms with Gasteiger partial charge in [-0.15, -0.1) is 0 Å². The lowest BCUT2D eigenvalue weighted by molar-refractivity contribution is 0.673. The fourth-order valence-corrected chi connectivity index (χ4v) is 2.54. The second-order valence-corrected chi connectivity index (χ2v) is 5.57. The highest BCUT2D eigenvalue weighted by Crippen LogP contribution is 2.26. The van der Waals surface area contributed by atoms with Gasteiger partial charge in [0.1, 0.15) is 5.82 Å². The number of anilines is 2. The van der Waals surface area contributed by atoms with E-state index in [2.05, 4.69) is 67.3 Å². The number of nitrogens with one attached hydrogen (secondary N) is 1. The average molecular weight is 283 g/mol. The molecule has 1 N–H and O–H groups in total. The SMILES string of the molecule is CCCNCc1cccnc1N(C)c1cc(C)cc(C)c1. The van der Waals surface area contributed by atoms with Crippen LogP contribution < -0.4 is 10.2 Å². The smallest absolute Gasteiger partial charge is 0.137 e. The molecule has 1 aromatic carbocycles. The van der Waals surface area contributed by atoms with Crippen LogP contribution in [0, 0.1) is 13.8 Å². The summed E-state index contributed by atoms with van der Waals surface area (Å²) < 4.78 is 0. The molecule has 21 heavy (non-hydrogen) atoms. The summed E-state index contributed by atoms with van der Waals surface area (Å²) in [5.74, 6) is 1.02. The Hall–Kier alpha value is -1.87. The molecule has 0 aliphatic carbocycles. The number of hydrogen-bond donors (Lipinski definition) is 1. The maximum Gasteiger partial charge on any atom is 0.137 e. The van der Waals surface area contributed by atoms with Gasteiger partial charge in [-0.05, 0) is 56.1 Å². The van der Waals surface area contributed by atoms with Gasteiger partial charge >= 0.3 is 0 Å². The minimum Gasteiger partial charge on any atom is -0.329 e. The average Bonchev–Trinajstić information content (AvgIpc) is 2.46. The molecule has 1 heterocycles. The van der Waals surface area contributed by atoms with E-state index in [4.69, 9.17) is 0 Å². The van der Waals surface area contributed by atoms with E-state index in [1.54, 1.807) is 0 Å². The maximum atomic E-state index is 4.58. The van der Waals surface area contributed by atoms with Crippen LogP contribution in [-0.4, -0.2) is 18.6 Å². The first-order valence-electron chi connectivity index (χ1n) is 7.58. The van der Waals surface area contributed by atoms with Gasteiger partial charge in [-0.25, -0.2) is 4.98 Å². The zero-order valence-electron chi connectivity index (χ0n) is 13.5. The predicted octanol–water partition coefficient (Wildman–Crippen LogP) is 3.97. The Morgan fingerprint density at radius 1 is 1.14 bits per heavy atom. The van der Waals surface area contributed by atoms with Gasteiger partial charge in [-0.1, -0.05) is 19.1 Å². The second kappa shape index (κ2) is 7.23. The summed E-state index contributed by atoms with van der Waals surface area (Å²) in [5.41, 5.74) is 4.97. The molecule has 2 aromatic rings. The molecule has 0 aliphatic rings. The fourth-order valence-electron chi connectivity index (χ4n) is 2.54. The van der Waals surface area contributed by atoms with E-state index in [1.165, 1.54) is 22.4 Å². The highest BCUT2D eigenvalue weighted by Gasteiger charge is 2.11. The van der Waals surface area contributed by atoms with Crippen molar-refractivity contribution in [1.29, 1.82) is 0 Å². The van der Waals surface area contributed by atoms with Gasteiger partial charge in [0.15, 0.2) is 0 Å². The van der Waals surface area contributed by atoms with Gasteiger partial charge in [-0.2, -0.15) is 0 Å². The number of hydrogen-bond acceptors (Lipinski definition) is 3. The summed E-state index contributed by atoms with van der Waals surface area (Å²) in [7, 11) is 2.08. The van der Waals surface area contributed by atoms with Crippen LogP contribution in [0.15, 0.2) is 36.5 Å². The lowest BCUT2D eigenvalue weighted by Crippen LogP contribution is -2.19. The minimum absolute atomic E-state index is 0.853. The highest BCUT2D eigenvalue weighted by molar-refractivity contribution is 5.63. The lowest BCUT2D eigenvalue weighted by atomic mass is 10.1. The molecule has 0 unspecified atom stereocenters. The third-order valence-corrected chi connectivity index (χ3v) is 3.52. The Bertz CT molecular complexity index is 573. The molecule has 2 rings (SSSR count). The van der Waals surface area contributed by atoms with Gasteiger partial charge in [-0.3, -0.25) is 0 Å². The highest BCUT2D eigenvalue weighted by atomic mass is 15.2. The number of aromatic nitrogens is 1. The zero-order valence-corrected chi connectivity index (χ0v) is 13.5. The van der Waals surface area contributed by atoms with Crippen LogP contribution in [0.1, 0.15) is 30.0 Å². The van der Waals surface area contributed by atoms with E-state index in [-0.39, 0.29) is 0 Å². The van der Waals surface area contributed by atoms with Crippen LogP contribution in [0.4, 0.5) is 11.5 Å². The molecule has 0 bridgehead atoms. The lowest BCUT2D eigenvalue weighted by Gasteiger charge is -2.22. The molecule has 3 nitrogen and oxygen atoms in total. The maximum absolute atomic E-state index is 4.58. The third kappa shape index (κ3) is 4.05. The Morgan fingerprint density at radius 2 is 1.86 bits per heavy atom. The molecule has 1 aromatic heterocycles. The predicted molar refractivity (Wildman–Crippen MR) is 90.2 cm³/mol. The molecule has 3 heteroatoms. The van der Waals surface area contributed by atoms with Crippen molar-refractivity contribution >= 4 is 11.5 Å². The molecular formula is C18H25N3. The molecule has 0 radical (unpaired) electrons. The summed E-state index contributed by atoms with van der Waals surface area (Å²) >= 11 is 0. The molecule has 0 aliphatic heterocycles. The van der Waals surface area contributed by atoms with Crippen molar-refractivity contribution in [1.82, 2.24) is 10.3 Å². The number of aryl methyl sites for hydroxylation is 2. The number of nitrogens with zero attached hydrogens (tertiary/aromatic N) is 2. The fraction of sp³-hybridized carbons (Fsp3) is 0.389. The van der Waals surface area contributed by atoms with Crippen LogP contribution in [0.2, 0.25) is 0 Å². The molecule has 0 atom stereocenters. The Morgan fingerprint density at radius 3 is 2.52 bits per heavy atom. The first-order valence-corrected chi connectivity index (χ1v) is 7.58. The standard InChI is InChI=1S/C18H25N3/c1-5-8-19-13-16-7-6-9-20-18(16)21(4)17-11-14(2)10-15(3)12-17/h6-7,9-12,19H,5,8,13H2,1-4H3. The van der Waals surface area contributed by atoms with Crippen molar-refractivity contribution in [3.05, 3.63) is 53.2 Å². The van der Waals surface area contributed by atoms with Crippen molar-refractivity contribution in [2.75, 3.05) is 18.5 Å². The number of rotatable bonds is 6. The van der Waals surface area contributed by atoms with Crippen LogP contribution in [0.5, 0.6) is 0 Å². The van der Waals surface area contributed by atoms with E-state index in [0.29, 0.717) is 0 Å². The summed E-state index contributed by atoms with van der Waals surface area (Å²) in [5, 5.41) is 3.45. The van der Waals surface area contributed by atoms with E-state index < -0.39 is 0 Å². The largest absolute Gasteiger partial charge is 0.329 e. The summed E-state index contributed by atoms with van der Waals surface area (Å²) in [6.07, 6.45) is 3.00. The van der Waals surface area contributed by atoms with Gasteiger partial charge in [0.2, 0.25) is 0 Å². The quantitative estimate of drug-likeness (QED) is 0.813. The van der Waals surface area contributed by atoms with Gasteiger partial charge in [0.05, 0.1) is 0 Å². The van der Waals surface area contributed by atoms with E-state index in [1.807, 2.05) is 12.3 Å². The van der Waals surface area contributed by atoms with Gasteiger partial charge in [0.25, 0.3) is 0 Å². The molecule has 0 saturated carbocycles. The van der Waals surface area contributed by atoms with E-state index in [0.717, 1.165) is 25.3 Å². The monoisotopic (exact) mass is 283 g/mol. The second-order valence-electron chi connectivity index (χ2n) is 5.57. The van der Waals surface area contributed by atoms with E-state index >= 15 is 0 Å². The molecule has 0 amide bonds. The molecule has 0 fully saturated rings. The first-order chi connectivity index (χ1) is 10.1.